The predicted molar refractivity (Wildman–Crippen MR) is 59.9 cm³/mol. The van der Waals surface area contributed by atoms with Crippen molar-refractivity contribution in [1.82, 2.24) is 10.2 Å². The molecule has 1 N–H and O–H groups in total. The highest BCUT2D eigenvalue weighted by Crippen LogP contribution is 2.13. The third-order valence-electron chi connectivity index (χ3n) is 2.76. The summed E-state index contributed by atoms with van der Waals surface area (Å²) in [6, 6.07) is 4.63. The minimum absolute atomic E-state index is 0.182. The van der Waals surface area contributed by atoms with Crippen LogP contribution in [0.4, 0.5) is 4.39 Å². The van der Waals surface area contributed by atoms with E-state index in [0.717, 1.165) is 18.7 Å². The number of aryl methyl sites for hydroxylation is 1. The van der Waals surface area contributed by atoms with Gasteiger partial charge in [-0.15, -0.1) is 0 Å². The minimum Gasteiger partial charge on any atom is -0.336 e. The lowest BCUT2D eigenvalue weighted by Gasteiger charge is -2.27. The molecule has 0 spiro atoms. The highest BCUT2D eigenvalue weighted by atomic mass is 19.1. The highest BCUT2D eigenvalue weighted by molar-refractivity contribution is 5.94. The molecule has 0 bridgehead atoms. The van der Waals surface area contributed by atoms with Crippen LogP contribution in [0.25, 0.3) is 0 Å². The van der Waals surface area contributed by atoms with Crippen molar-refractivity contribution in [3.63, 3.8) is 0 Å². The zero-order chi connectivity index (χ0) is 11.5. The summed E-state index contributed by atoms with van der Waals surface area (Å²) < 4.78 is 13.5. The van der Waals surface area contributed by atoms with E-state index in [0.29, 0.717) is 13.1 Å². The van der Waals surface area contributed by atoms with Crippen LogP contribution in [-0.4, -0.2) is 37.0 Å². The van der Waals surface area contributed by atoms with E-state index < -0.39 is 5.82 Å². The summed E-state index contributed by atoms with van der Waals surface area (Å²) in [7, 11) is 0. The Hall–Kier alpha value is -1.42. The number of nitrogens with one attached hydrogen (secondary N) is 1. The molecule has 1 aliphatic heterocycles. The van der Waals surface area contributed by atoms with Gasteiger partial charge >= 0.3 is 0 Å². The number of rotatable bonds is 1. The maximum atomic E-state index is 13.5. The van der Waals surface area contributed by atoms with E-state index in [-0.39, 0.29) is 11.5 Å². The van der Waals surface area contributed by atoms with E-state index in [4.69, 9.17) is 0 Å². The molecule has 86 valence electrons. The summed E-state index contributed by atoms with van der Waals surface area (Å²) in [5.74, 6) is -0.642. The van der Waals surface area contributed by atoms with Crippen molar-refractivity contribution in [1.29, 1.82) is 0 Å². The summed E-state index contributed by atoms with van der Waals surface area (Å²) in [6.45, 7) is 4.70. The second-order valence-electron chi connectivity index (χ2n) is 4.03. The smallest absolute Gasteiger partial charge is 0.256 e. The molecule has 3 nitrogen and oxygen atoms in total. The van der Waals surface area contributed by atoms with Gasteiger partial charge in [0.05, 0.1) is 5.56 Å². The Morgan fingerprint density at radius 1 is 1.38 bits per heavy atom. The first-order valence-electron chi connectivity index (χ1n) is 5.44. The van der Waals surface area contributed by atoms with Gasteiger partial charge in [-0.1, -0.05) is 11.6 Å². The van der Waals surface area contributed by atoms with Crippen molar-refractivity contribution in [3.05, 3.63) is 35.1 Å². The van der Waals surface area contributed by atoms with E-state index >= 15 is 0 Å². The zero-order valence-electron chi connectivity index (χ0n) is 9.29. The molecule has 1 heterocycles. The monoisotopic (exact) mass is 222 g/mol. The Labute approximate surface area is 94.3 Å². The van der Waals surface area contributed by atoms with Gasteiger partial charge in [0.2, 0.25) is 0 Å². The number of hydrogen-bond acceptors (Lipinski definition) is 2. The first-order valence-corrected chi connectivity index (χ1v) is 5.44. The molecule has 0 saturated carbocycles. The highest BCUT2D eigenvalue weighted by Gasteiger charge is 2.20. The molecule has 1 aromatic rings. The maximum absolute atomic E-state index is 13.5. The van der Waals surface area contributed by atoms with E-state index in [9.17, 15) is 9.18 Å². The number of benzene rings is 1. The van der Waals surface area contributed by atoms with Crippen molar-refractivity contribution in [2.75, 3.05) is 26.2 Å². The van der Waals surface area contributed by atoms with Crippen LogP contribution in [0, 0.1) is 12.7 Å². The zero-order valence-corrected chi connectivity index (χ0v) is 9.29. The minimum atomic E-state index is -0.436. The Morgan fingerprint density at radius 2 is 2.06 bits per heavy atom. The Kier molecular flexibility index (Phi) is 3.19. The summed E-state index contributed by atoms with van der Waals surface area (Å²) in [4.78, 5) is 13.7. The molecular formula is C12H15FN2O. The number of amides is 1. The standard InChI is InChI=1S/C12H15FN2O/c1-9-2-3-11(13)10(8-9)12(16)15-6-4-14-5-7-15/h2-3,8,14H,4-7H2,1H3. The first kappa shape index (κ1) is 11.1. The van der Waals surface area contributed by atoms with Crippen LogP contribution in [0.1, 0.15) is 15.9 Å². The molecular weight excluding hydrogens is 207 g/mol. The van der Waals surface area contributed by atoms with Gasteiger partial charge in [0, 0.05) is 26.2 Å². The number of piperazine rings is 1. The van der Waals surface area contributed by atoms with E-state index in [1.165, 1.54) is 6.07 Å². The number of hydrogen-bond donors (Lipinski definition) is 1. The molecule has 4 heteroatoms. The Morgan fingerprint density at radius 3 is 2.75 bits per heavy atom. The van der Waals surface area contributed by atoms with E-state index in [2.05, 4.69) is 5.32 Å². The average Bonchev–Trinajstić information content (AvgIpc) is 2.32. The molecule has 2 rings (SSSR count). The topological polar surface area (TPSA) is 32.3 Å². The summed E-state index contributed by atoms with van der Waals surface area (Å²) >= 11 is 0. The maximum Gasteiger partial charge on any atom is 0.256 e. The van der Waals surface area contributed by atoms with Crippen LogP contribution < -0.4 is 5.32 Å². The van der Waals surface area contributed by atoms with Crippen LogP contribution in [0.15, 0.2) is 18.2 Å². The quantitative estimate of drug-likeness (QED) is 0.774. The summed E-state index contributed by atoms with van der Waals surface area (Å²) in [6.07, 6.45) is 0. The lowest BCUT2D eigenvalue weighted by atomic mass is 10.1. The molecule has 1 fully saturated rings. The van der Waals surface area contributed by atoms with Gasteiger partial charge in [-0.3, -0.25) is 4.79 Å². The van der Waals surface area contributed by atoms with Crippen molar-refractivity contribution < 1.29 is 9.18 Å². The third-order valence-corrected chi connectivity index (χ3v) is 2.76. The largest absolute Gasteiger partial charge is 0.336 e. The summed E-state index contributed by atoms with van der Waals surface area (Å²) in [5, 5.41) is 3.16. The summed E-state index contributed by atoms with van der Waals surface area (Å²) in [5.41, 5.74) is 1.08. The molecule has 16 heavy (non-hydrogen) atoms. The molecule has 0 aliphatic carbocycles. The molecule has 1 saturated heterocycles. The van der Waals surface area contributed by atoms with Crippen molar-refractivity contribution in [3.8, 4) is 0 Å². The molecule has 0 unspecified atom stereocenters. The third kappa shape index (κ3) is 2.22. The van der Waals surface area contributed by atoms with Crippen molar-refractivity contribution in [2.24, 2.45) is 0 Å². The number of carbonyl (C=O) groups is 1. The second kappa shape index (κ2) is 4.61. The van der Waals surface area contributed by atoms with Crippen LogP contribution in [-0.2, 0) is 0 Å². The molecule has 0 atom stereocenters. The SMILES string of the molecule is Cc1ccc(F)c(C(=O)N2CCNCC2)c1. The van der Waals surface area contributed by atoms with Gasteiger partial charge < -0.3 is 10.2 Å². The van der Waals surface area contributed by atoms with E-state index in [1.54, 1.807) is 17.0 Å². The van der Waals surface area contributed by atoms with Gasteiger partial charge in [-0.05, 0) is 19.1 Å². The van der Waals surface area contributed by atoms with Crippen LogP contribution in [0.2, 0.25) is 0 Å². The predicted octanol–water partition coefficient (Wildman–Crippen LogP) is 1.18. The van der Waals surface area contributed by atoms with Gasteiger partial charge in [0.25, 0.3) is 5.91 Å². The van der Waals surface area contributed by atoms with Crippen molar-refractivity contribution in [2.45, 2.75) is 6.92 Å². The number of halogens is 1. The fourth-order valence-corrected chi connectivity index (χ4v) is 1.84. The fraction of sp³-hybridized carbons (Fsp3) is 0.417. The fourth-order valence-electron chi connectivity index (χ4n) is 1.84. The lowest BCUT2D eigenvalue weighted by Crippen LogP contribution is -2.46. The molecule has 0 aromatic heterocycles. The van der Waals surface area contributed by atoms with E-state index in [1.807, 2.05) is 6.92 Å². The van der Waals surface area contributed by atoms with Crippen LogP contribution >= 0.6 is 0 Å². The van der Waals surface area contributed by atoms with Gasteiger partial charge in [-0.25, -0.2) is 4.39 Å². The molecule has 1 aliphatic rings. The number of nitrogens with zero attached hydrogens (tertiary/aromatic N) is 1. The second-order valence-corrected chi connectivity index (χ2v) is 4.03. The lowest BCUT2D eigenvalue weighted by molar-refractivity contribution is 0.0731. The average molecular weight is 222 g/mol. The van der Waals surface area contributed by atoms with Gasteiger partial charge in [0.1, 0.15) is 5.82 Å². The van der Waals surface area contributed by atoms with Gasteiger partial charge in [0.15, 0.2) is 0 Å². The molecule has 0 radical (unpaired) electrons. The molecule has 1 amide bonds. The number of carbonyl (C=O) groups excluding carboxylic acids is 1. The van der Waals surface area contributed by atoms with Crippen LogP contribution in [0.3, 0.4) is 0 Å². The first-order chi connectivity index (χ1) is 7.68. The Balaban J connectivity index is 2.22. The normalized spacial score (nSPS) is 16.2. The molecule has 1 aromatic carbocycles. The van der Waals surface area contributed by atoms with Crippen molar-refractivity contribution >= 4 is 5.91 Å². The van der Waals surface area contributed by atoms with Gasteiger partial charge in [-0.2, -0.15) is 0 Å². The Bertz CT molecular complexity index is 400. The van der Waals surface area contributed by atoms with Crippen LogP contribution in [0.5, 0.6) is 0 Å².